The predicted molar refractivity (Wildman–Crippen MR) is 134 cm³/mol. The molecule has 1 unspecified atom stereocenters. The summed E-state index contributed by atoms with van der Waals surface area (Å²) in [6.07, 6.45) is 6.22. The van der Waals surface area contributed by atoms with Crippen molar-refractivity contribution in [2.45, 2.75) is 52.9 Å². The number of hydrogen-bond acceptors (Lipinski definition) is 2. The molecule has 160 valence electrons. The Morgan fingerprint density at radius 2 is 1.58 bits per heavy atom. The van der Waals surface area contributed by atoms with Crippen molar-refractivity contribution < 1.29 is 4.74 Å². The van der Waals surface area contributed by atoms with Gasteiger partial charge in [0.15, 0.2) is 0 Å². The maximum absolute atomic E-state index is 13.3. The molecule has 0 spiro atoms. The van der Waals surface area contributed by atoms with E-state index < -0.39 is 13.4 Å². The van der Waals surface area contributed by atoms with Gasteiger partial charge in [0.25, 0.3) is 0 Å². The van der Waals surface area contributed by atoms with Gasteiger partial charge in [-0.25, -0.2) is 0 Å². The number of rotatable bonds is 8. The van der Waals surface area contributed by atoms with Crippen molar-refractivity contribution in [2.75, 3.05) is 6.61 Å². The van der Waals surface area contributed by atoms with Crippen LogP contribution in [-0.2, 0) is 0 Å². The summed E-state index contributed by atoms with van der Waals surface area (Å²) in [5.41, 5.74) is 2.55. The molecular formula is C28H31O2Se+. The summed E-state index contributed by atoms with van der Waals surface area (Å²) in [7, 11) is 0. The first-order valence-corrected chi connectivity index (χ1v) is 13.9. The fourth-order valence-electron chi connectivity index (χ4n) is 4.29. The molecule has 31 heavy (non-hydrogen) atoms. The van der Waals surface area contributed by atoms with Crippen LogP contribution in [0.1, 0.15) is 50.2 Å². The number of hydrogen-bond donors (Lipinski definition) is 0. The molecule has 3 aromatic carbocycles. The molecular weight excluding hydrogens is 447 g/mol. The molecule has 0 amide bonds. The van der Waals surface area contributed by atoms with E-state index in [-0.39, 0.29) is 5.43 Å². The van der Waals surface area contributed by atoms with E-state index in [1.54, 1.807) is 0 Å². The fourth-order valence-corrected chi connectivity index (χ4v) is 9.47. The minimum absolute atomic E-state index is 0.167. The first-order chi connectivity index (χ1) is 15.1. The second-order valence-corrected chi connectivity index (χ2v) is 12.4. The SMILES string of the molecule is CCCCCCCOc1ccc(-[se+]2c3ccccc3c(=O)c3cc(C)cc(C)c32)cc1. The van der Waals surface area contributed by atoms with Crippen LogP contribution in [0.3, 0.4) is 0 Å². The van der Waals surface area contributed by atoms with Crippen LogP contribution >= 0.6 is 0 Å². The van der Waals surface area contributed by atoms with Crippen molar-refractivity contribution in [3.05, 3.63) is 82.0 Å². The van der Waals surface area contributed by atoms with Crippen molar-refractivity contribution in [3.63, 3.8) is 0 Å². The van der Waals surface area contributed by atoms with Crippen LogP contribution in [0.5, 0.6) is 5.75 Å². The Hall–Kier alpha value is -2.35. The molecule has 4 aromatic rings. The van der Waals surface area contributed by atoms with Gasteiger partial charge in [-0.2, -0.15) is 0 Å². The monoisotopic (exact) mass is 479 g/mol. The zero-order valence-electron chi connectivity index (χ0n) is 18.7. The first-order valence-electron chi connectivity index (χ1n) is 11.3. The van der Waals surface area contributed by atoms with Gasteiger partial charge in [0.1, 0.15) is 0 Å². The van der Waals surface area contributed by atoms with E-state index in [1.807, 2.05) is 12.1 Å². The van der Waals surface area contributed by atoms with E-state index in [2.05, 4.69) is 69.3 Å². The molecule has 3 heteroatoms. The molecule has 2 nitrogen and oxygen atoms in total. The summed E-state index contributed by atoms with van der Waals surface area (Å²) in [5, 5.41) is 1.77. The Morgan fingerprint density at radius 3 is 2.35 bits per heavy atom. The van der Waals surface area contributed by atoms with Crippen molar-refractivity contribution in [1.82, 2.24) is 0 Å². The molecule has 0 aliphatic carbocycles. The van der Waals surface area contributed by atoms with Gasteiger partial charge < -0.3 is 0 Å². The Bertz CT molecular complexity index is 1250. The number of aryl methyl sites for hydroxylation is 2. The summed E-state index contributed by atoms with van der Waals surface area (Å²) in [5.74, 6) is 0.937. The molecule has 0 N–H and O–H groups in total. The Balaban J connectivity index is 1.72. The molecule has 1 atom stereocenters. The van der Waals surface area contributed by atoms with Crippen LogP contribution < -0.4 is 10.2 Å². The Morgan fingerprint density at radius 1 is 0.839 bits per heavy atom. The third-order valence-corrected chi connectivity index (χ3v) is 11.0. The van der Waals surface area contributed by atoms with Gasteiger partial charge in [-0.1, -0.05) is 0 Å². The zero-order chi connectivity index (χ0) is 21.8. The van der Waals surface area contributed by atoms with Crippen molar-refractivity contribution >= 4 is 32.7 Å². The number of benzene rings is 3. The van der Waals surface area contributed by atoms with Crippen molar-refractivity contribution in [3.8, 4) is 10.2 Å². The van der Waals surface area contributed by atoms with E-state index >= 15 is 0 Å². The number of unbranched alkanes of at least 4 members (excludes halogenated alkanes) is 4. The Labute approximate surface area is 189 Å². The first kappa shape index (κ1) is 21.9. The average molecular weight is 479 g/mol. The van der Waals surface area contributed by atoms with Gasteiger partial charge >= 0.3 is 189 Å². The van der Waals surface area contributed by atoms with Gasteiger partial charge in [-0.15, -0.1) is 0 Å². The standard InChI is InChI=1S/C28H31O2Se/c1-4-5-6-7-10-17-30-22-13-15-23(16-14-22)31-26-12-9-8-11-24(26)27(29)25-19-20(2)18-21(3)28(25)31/h8-9,11-16,18-19H,4-7,10,17H2,1-3H3/q+1. The van der Waals surface area contributed by atoms with Gasteiger partial charge in [0.05, 0.1) is 0 Å². The van der Waals surface area contributed by atoms with Crippen LogP contribution in [0.25, 0.3) is 23.8 Å². The van der Waals surface area contributed by atoms with Crippen molar-refractivity contribution in [2.24, 2.45) is 0 Å². The molecule has 0 bridgehead atoms. The maximum atomic E-state index is 13.3. The van der Waals surface area contributed by atoms with E-state index in [0.717, 1.165) is 35.1 Å². The normalized spacial score (nSPS) is 11.9. The van der Waals surface area contributed by atoms with E-state index in [1.165, 1.54) is 44.2 Å². The van der Waals surface area contributed by atoms with E-state index in [9.17, 15) is 4.79 Å². The van der Waals surface area contributed by atoms with Gasteiger partial charge in [0, 0.05) is 0 Å². The summed E-state index contributed by atoms with van der Waals surface area (Å²) >= 11 is -1.54. The van der Waals surface area contributed by atoms with Gasteiger partial charge in [-0.05, 0) is 0 Å². The molecule has 4 rings (SSSR count). The molecule has 0 fully saturated rings. The van der Waals surface area contributed by atoms with Crippen molar-refractivity contribution in [1.29, 1.82) is 0 Å². The molecule has 0 radical (unpaired) electrons. The van der Waals surface area contributed by atoms with Gasteiger partial charge in [-0.3, -0.25) is 0 Å². The molecule has 0 aliphatic rings. The summed E-state index contributed by atoms with van der Waals surface area (Å²) in [4.78, 5) is 13.3. The third-order valence-electron chi connectivity index (χ3n) is 5.80. The Kier molecular flexibility index (Phi) is 6.95. The van der Waals surface area contributed by atoms with E-state index in [0.29, 0.717) is 0 Å². The van der Waals surface area contributed by atoms with Crippen LogP contribution in [0, 0.1) is 13.8 Å². The quantitative estimate of drug-likeness (QED) is 0.154. The molecule has 1 heterocycles. The van der Waals surface area contributed by atoms with Crippen LogP contribution in [0.4, 0.5) is 0 Å². The van der Waals surface area contributed by atoms with Crippen LogP contribution in [0.2, 0.25) is 0 Å². The summed E-state index contributed by atoms with van der Waals surface area (Å²) in [6, 6.07) is 21.1. The number of fused-ring (bicyclic) bond motifs is 2. The van der Waals surface area contributed by atoms with Crippen LogP contribution in [0.15, 0.2) is 65.5 Å². The fraction of sp³-hybridized carbons (Fsp3) is 0.321. The zero-order valence-corrected chi connectivity index (χ0v) is 20.5. The molecule has 0 saturated heterocycles. The summed E-state index contributed by atoms with van der Waals surface area (Å²) in [6.45, 7) is 7.24. The van der Waals surface area contributed by atoms with Crippen LogP contribution in [-0.4, -0.2) is 20.1 Å². The second kappa shape index (κ2) is 9.85. The molecule has 1 aromatic heterocycles. The van der Waals surface area contributed by atoms with Gasteiger partial charge in [0.2, 0.25) is 0 Å². The molecule has 0 saturated carbocycles. The third kappa shape index (κ3) is 4.63. The minimum atomic E-state index is -1.54. The topological polar surface area (TPSA) is 26.3 Å². The summed E-state index contributed by atoms with van der Waals surface area (Å²) < 4.78 is 9.79. The number of ether oxygens (including phenoxy) is 1. The van der Waals surface area contributed by atoms with E-state index in [4.69, 9.17) is 4.74 Å². The average Bonchev–Trinajstić information content (AvgIpc) is 2.78. The predicted octanol–water partition coefficient (Wildman–Crippen LogP) is 7.05. The second-order valence-electron chi connectivity index (χ2n) is 8.32. The molecule has 0 aliphatic heterocycles.